The van der Waals surface area contributed by atoms with Crippen molar-refractivity contribution in [2.45, 2.75) is 26.1 Å². The second-order valence-electron chi connectivity index (χ2n) is 6.37. The third kappa shape index (κ3) is 4.56. The molecule has 8 heteroatoms. The molecule has 6 nitrogen and oxygen atoms in total. The first-order valence-corrected chi connectivity index (χ1v) is 11.1. The van der Waals surface area contributed by atoms with Crippen LogP contribution in [-0.2, 0) is 19.3 Å². The van der Waals surface area contributed by atoms with E-state index in [1.165, 1.54) is 20.5 Å². The molecule has 0 bridgehead atoms. The summed E-state index contributed by atoms with van der Waals surface area (Å²) in [5.74, 6) is 0.707. The van der Waals surface area contributed by atoms with Crippen molar-refractivity contribution in [1.82, 2.24) is 19.8 Å². The van der Waals surface area contributed by atoms with E-state index in [0.29, 0.717) is 12.3 Å². The number of nitrogens with zero attached hydrogens (tertiary/aromatic N) is 5. The van der Waals surface area contributed by atoms with Crippen molar-refractivity contribution in [1.29, 1.82) is 0 Å². The third-order valence-electron chi connectivity index (χ3n) is 4.49. The van der Waals surface area contributed by atoms with Gasteiger partial charge in [0.25, 0.3) is 0 Å². The molecule has 3 aromatic rings. The minimum absolute atomic E-state index is 0.254. The Morgan fingerprint density at radius 2 is 1.82 bits per heavy atom. The number of aromatic nitrogens is 4. The number of thioether (sulfide) groups is 2. The molecule has 0 atom stereocenters. The summed E-state index contributed by atoms with van der Waals surface area (Å²) in [5, 5.41) is 7.82. The summed E-state index contributed by atoms with van der Waals surface area (Å²) in [4.78, 5) is 17.1. The maximum Gasteiger partial charge on any atom is 0.368 e. The maximum atomic E-state index is 12.3. The Morgan fingerprint density at radius 1 is 1.07 bits per heavy atom. The first-order valence-electron chi connectivity index (χ1n) is 8.85. The largest absolute Gasteiger partial charge is 0.368 e. The van der Waals surface area contributed by atoms with Gasteiger partial charge in [0.15, 0.2) is 0 Å². The molecule has 1 heterocycles. The Hall–Kier alpha value is -2.32. The van der Waals surface area contributed by atoms with Crippen LogP contribution in [0.15, 0.2) is 52.3 Å². The van der Waals surface area contributed by atoms with E-state index in [4.69, 9.17) is 4.99 Å². The van der Waals surface area contributed by atoms with Crippen LogP contribution in [0.2, 0.25) is 0 Å². The lowest BCUT2D eigenvalue weighted by atomic mass is 10.1. The molecular weight excluding hydrogens is 390 g/mol. The topological polar surface area (TPSA) is 65.1 Å². The highest BCUT2D eigenvalue weighted by Gasteiger charge is 2.14. The van der Waals surface area contributed by atoms with Crippen molar-refractivity contribution in [3.05, 3.63) is 75.2 Å². The molecule has 0 unspecified atom stereocenters. The zero-order chi connectivity index (χ0) is 20.1. The molecule has 0 aliphatic rings. The van der Waals surface area contributed by atoms with Gasteiger partial charge in [-0.2, -0.15) is 9.36 Å². The Morgan fingerprint density at radius 3 is 2.50 bits per heavy atom. The number of tetrazole rings is 1. The third-order valence-corrected chi connectivity index (χ3v) is 6.63. The van der Waals surface area contributed by atoms with Gasteiger partial charge >= 0.3 is 5.69 Å². The standard InChI is InChI=1S/C20H23N5OS2/c1-14-8-5-6-10-16(14)12-21-19(27-4)28-13-17-15(2)9-7-11-18(17)25-20(26)24(3)22-23-25/h5-11H,12-13H2,1-4H3/b21-19-. The summed E-state index contributed by atoms with van der Waals surface area (Å²) in [6.45, 7) is 4.82. The summed E-state index contributed by atoms with van der Waals surface area (Å²) < 4.78 is 3.60. The smallest absolute Gasteiger partial charge is 0.267 e. The van der Waals surface area contributed by atoms with E-state index in [1.54, 1.807) is 30.6 Å². The minimum Gasteiger partial charge on any atom is -0.267 e. The molecule has 1 aromatic heterocycles. The maximum absolute atomic E-state index is 12.3. The van der Waals surface area contributed by atoms with Crippen LogP contribution in [0.25, 0.3) is 5.69 Å². The van der Waals surface area contributed by atoms with Gasteiger partial charge in [-0.15, -0.1) is 11.8 Å². The van der Waals surface area contributed by atoms with Crippen LogP contribution in [0.3, 0.4) is 0 Å². The summed E-state index contributed by atoms with van der Waals surface area (Å²) in [6.07, 6.45) is 2.04. The molecule has 0 saturated heterocycles. The first-order chi connectivity index (χ1) is 13.5. The summed E-state index contributed by atoms with van der Waals surface area (Å²) in [6, 6.07) is 14.2. The lowest BCUT2D eigenvalue weighted by Gasteiger charge is -2.12. The van der Waals surface area contributed by atoms with Gasteiger partial charge in [-0.25, -0.2) is 4.79 Å². The lowest BCUT2D eigenvalue weighted by molar-refractivity contribution is 0.692. The number of hydrogen-bond donors (Lipinski definition) is 0. The van der Waals surface area contributed by atoms with Crippen LogP contribution >= 0.6 is 23.5 Å². The Balaban J connectivity index is 1.81. The fourth-order valence-electron chi connectivity index (χ4n) is 2.78. The van der Waals surface area contributed by atoms with Crippen LogP contribution in [0.5, 0.6) is 0 Å². The number of hydrogen-bond acceptors (Lipinski definition) is 6. The van der Waals surface area contributed by atoms with Crippen molar-refractivity contribution in [2.24, 2.45) is 12.0 Å². The molecule has 0 spiro atoms. The minimum atomic E-state index is -0.254. The average Bonchev–Trinajstić information content (AvgIpc) is 3.02. The van der Waals surface area contributed by atoms with E-state index >= 15 is 0 Å². The highest BCUT2D eigenvalue weighted by Crippen LogP contribution is 2.26. The highest BCUT2D eigenvalue weighted by molar-refractivity contribution is 8.38. The molecule has 0 saturated carbocycles. The normalized spacial score (nSPS) is 11.8. The monoisotopic (exact) mass is 413 g/mol. The highest BCUT2D eigenvalue weighted by atomic mass is 32.2. The van der Waals surface area contributed by atoms with Gasteiger partial charge < -0.3 is 0 Å². The van der Waals surface area contributed by atoms with E-state index < -0.39 is 0 Å². The predicted octanol–water partition coefficient (Wildman–Crippen LogP) is 3.74. The predicted molar refractivity (Wildman–Crippen MR) is 118 cm³/mol. The van der Waals surface area contributed by atoms with Crippen molar-refractivity contribution in [3.8, 4) is 5.69 Å². The molecule has 3 rings (SSSR count). The molecule has 0 N–H and O–H groups in total. The first kappa shape index (κ1) is 20.4. The fourth-order valence-corrected chi connectivity index (χ4v) is 4.42. The number of aliphatic imine (C=N–C) groups is 1. The van der Waals surface area contributed by atoms with Gasteiger partial charge in [0.05, 0.1) is 12.2 Å². The average molecular weight is 414 g/mol. The molecular formula is C20H23N5OS2. The second-order valence-corrected chi connectivity index (χ2v) is 8.39. The zero-order valence-electron chi connectivity index (χ0n) is 16.4. The number of aryl methyl sites for hydroxylation is 3. The van der Waals surface area contributed by atoms with E-state index in [1.807, 2.05) is 43.5 Å². The summed E-state index contributed by atoms with van der Waals surface area (Å²) in [5.41, 5.74) is 5.17. The molecule has 146 valence electrons. The second kappa shape index (κ2) is 9.25. The van der Waals surface area contributed by atoms with Gasteiger partial charge in [0.2, 0.25) is 0 Å². The van der Waals surface area contributed by atoms with E-state index in [0.717, 1.165) is 21.2 Å². The van der Waals surface area contributed by atoms with Crippen molar-refractivity contribution in [2.75, 3.05) is 6.26 Å². The Kier molecular flexibility index (Phi) is 6.74. The van der Waals surface area contributed by atoms with Crippen molar-refractivity contribution in [3.63, 3.8) is 0 Å². The van der Waals surface area contributed by atoms with Gasteiger partial charge in [-0.1, -0.05) is 48.2 Å². The molecule has 28 heavy (non-hydrogen) atoms. The Labute approximate surface area is 173 Å². The zero-order valence-corrected chi connectivity index (χ0v) is 18.0. The van der Waals surface area contributed by atoms with Gasteiger partial charge in [0, 0.05) is 12.8 Å². The van der Waals surface area contributed by atoms with Crippen LogP contribution < -0.4 is 5.69 Å². The van der Waals surface area contributed by atoms with Crippen molar-refractivity contribution < 1.29 is 0 Å². The van der Waals surface area contributed by atoms with Gasteiger partial charge in [0.1, 0.15) is 4.38 Å². The molecule has 0 radical (unpaired) electrons. The van der Waals surface area contributed by atoms with Crippen LogP contribution in [0.1, 0.15) is 22.3 Å². The van der Waals surface area contributed by atoms with E-state index in [2.05, 4.69) is 29.5 Å². The molecule has 0 amide bonds. The lowest BCUT2D eigenvalue weighted by Crippen LogP contribution is -2.23. The number of benzene rings is 2. The van der Waals surface area contributed by atoms with Gasteiger partial charge in [-0.05, 0) is 58.9 Å². The molecule has 0 fully saturated rings. The molecule has 0 aliphatic heterocycles. The number of rotatable bonds is 5. The Bertz CT molecular complexity index is 1050. The van der Waals surface area contributed by atoms with Gasteiger partial charge in [-0.3, -0.25) is 4.99 Å². The van der Waals surface area contributed by atoms with Crippen LogP contribution in [0.4, 0.5) is 0 Å². The van der Waals surface area contributed by atoms with Crippen LogP contribution in [0, 0.1) is 13.8 Å². The van der Waals surface area contributed by atoms with E-state index in [9.17, 15) is 4.79 Å². The summed E-state index contributed by atoms with van der Waals surface area (Å²) in [7, 11) is 1.60. The molecule has 0 aliphatic carbocycles. The fraction of sp³-hybridized carbons (Fsp3) is 0.300. The van der Waals surface area contributed by atoms with Crippen molar-refractivity contribution >= 4 is 27.9 Å². The quantitative estimate of drug-likeness (QED) is 0.471. The molecule has 2 aromatic carbocycles. The summed E-state index contributed by atoms with van der Waals surface area (Å²) >= 11 is 3.32. The SMILES string of the molecule is CS/C(=N/Cc1ccccc1C)SCc1c(C)cccc1-n1nnn(C)c1=O. The van der Waals surface area contributed by atoms with Crippen LogP contribution in [-0.4, -0.2) is 30.4 Å². The van der Waals surface area contributed by atoms with E-state index in [-0.39, 0.29) is 5.69 Å².